The van der Waals surface area contributed by atoms with E-state index in [4.69, 9.17) is 0 Å². The van der Waals surface area contributed by atoms with Crippen LogP contribution in [0.25, 0.3) is 5.57 Å². The Hall–Kier alpha value is -2.58. The topological polar surface area (TPSA) is 17.1 Å². The van der Waals surface area contributed by atoms with Crippen molar-refractivity contribution in [2.24, 2.45) is 0 Å². The van der Waals surface area contributed by atoms with Gasteiger partial charge in [-0.25, -0.2) is 0 Å². The summed E-state index contributed by atoms with van der Waals surface area (Å²) in [6.07, 6.45) is 0. The van der Waals surface area contributed by atoms with Crippen LogP contribution >= 0.6 is 11.8 Å². The summed E-state index contributed by atoms with van der Waals surface area (Å²) in [6, 6.07) is 20.3. The molecule has 0 fully saturated rings. The SMILES string of the molecule is C=C1c2cccc(Sc3ccc(C)cc3)c2C(=O)c2cccc(C)c21. The van der Waals surface area contributed by atoms with Crippen molar-refractivity contribution < 1.29 is 4.79 Å². The molecule has 0 bridgehead atoms. The third-order valence-corrected chi connectivity index (χ3v) is 5.71. The van der Waals surface area contributed by atoms with Crippen molar-refractivity contribution in [3.05, 3.63) is 101 Å². The fourth-order valence-corrected chi connectivity index (χ4v) is 4.34. The smallest absolute Gasteiger partial charge is 0.195 e. The number of carbonyl (C=O) groups excluding carboxylic acids is 1. The fraction of sp³-hybridized carbons (Fsp3) is 0.0870. The van der Waals surface area contributed by atoms with Gasteiger partial charge in [-0.1, -0.05) is 66.4 Å². The van der Waals surface area contributed by atoms with E-state index in [9.17, 15) is 4.79 Å². The lowest BCUT2D eigenvalue weighted by molar-refractivity contribution is 0.103. The summed E-state index contributed by atoms with van der Waals surface area (Å²) < 4.78 is 0. The lowest BCUT2D eigenvalue weighted by atomic mass is 9.80. The molecule has 1 nitrogen and oxygen atoms in total. The molecule has 0 radical (unpaired) electrons. The predicted octanol–water partition coefficient (Wildman–Crippen LogP) is 6.06. The quantitative estimate of drug-likeness (QED) is 0.440. The van der Waals surface area contributed by atoms with Gasteiger partial charge in [0.25, 0.3) is 0 Å². The van der Waals surface area contributed by atoms with Crippen molar-refractivity contribution in [3.8, 4) is 0 Å². The fourth-order valence-electron chi connectivity index (χ4n) is 3.36. The lowest BCUT2D eigenvalue weighted by Gasteiger charge is -2.24. The van der Waals surface area contributed by atoms with E-state index in [1.165, 1.54) is 5.56 Å². The van der Waals surface area contributed by atoms with E-state index in [-0.39, 0.29) is 5.78 Å². The molecule has 0 heterocycles. The van der Waals surface area contributed by atoms with Crippen LogP contribution in [0.5, 0.6) is 0 Å². The molecule has 0 unspecified atom stereocenters. The first-order valence-corrected chi connectivity index (χ1v) is 9.09. The molecule has 0 aromatic heterocycles. The minimum absolute atomic E-state index is 0.0938. The normalized spacial score (nSPS) is 12.7. The molecule has 122 valence electrons. The zero-order valence-electron chi connectivity index (χ0n) is 14.3. The molecule has 0 saturated heterocycles. The van der Waals surface area contributed by atoms with Gasteiger partial charge in [0.05, 0.1) is 0 Å². The monoisotopic (exact) mass is 342 g/mol. The molecule has 0 amide bonds. The van der Waals surface area contributed by atoms with E-state index in [2.05, 4.69) is 37.8 Å². The predicted molar refractivity (Wildman–Crippen MR) is 104 cm³/mol. The highest BCUT2D eigenvalue weighted by Gasteiger charge is 2.29. The number of rotatable bonds is 2. The maximum absolute atomic E-state index is 13.2. The molecule has 25 heavy (non-hydrogen) atoms. The van der Waals surface area contributed by atoms with Crippen molar-refractivity contribution >= 4 is 23.1 Å². The van der Waals surface area contributed by atoms with Gasteiger partial charge >= 0.3 is 0 Å². The van der Waals surface area contributed by atoms with E-state index in [1.54, 1.807) is 11.8 Å². The van der Waals surface area contributed by atoms with E-state index in [0.717, 1.165) is 43.2 Å². The highest BCUT2D eigenvalue weighted by atomic mass is 32.2. The van der Waals surface area contributed by atoms with Crippen molar-refractivity contribution in [2.75, 3.05) is 0 Å². The number of benzene rings is 3. The number of fused-ring (bicyclic) bond motifs is 2. The van der Waals surface area contributed by atoms with Crippen molar-refractivity contribution in [3.63, 3.8) is 0 Å². The average Bonchev–Trinajstić information content (AvgIpc) is 2.61. The van der Waals surface area contributed by atoms with Crippen LogP contribution in [-0.2, 0) is 0 Å². The van der Waals surface area contributed by atoms with E-state index in [1.807, 2.05) is 43.3 Å². The summed E-state index contributed by atoms with van der Waals surface area (Å²) in [5, 5.41) is 0. The molecule has 4 rings (SSSR count). The number of ketones is 1. The van der Waals surface area contributed by atoms with Crippen LogP contribution in [0, 0.1) is 13.8 Å². The molecule has 0 spiro atoms. The maximum Gasteiger partial charge on any atom is 0.195 e. The minimum Gasteiger partial charge on any atom is -0.289 e. The van der Waals surface area contributed by atoms with Gasteiger partial charge in [0.2, 0.25) is 0 Å². The Labute approximate surface area is 152 Å². The van der Waals surface area contributed by atoms with Crippen LogP contribution in [0.15, 0.2) is 77.0 Å². The Bertz CT molecular complexity index is 1010. The van der Waals surface area contributed by atoms with Gasteiger partial charge in [-0.2, -0.15) is 0 Å². The molecule has 0 atom stereocenters. The standard InChI is InChI=1S/C23H18OS/c1-14-10-12-17(13-11-14)25-20-9-5-7-18-16(3)21-15(2)6-4-8-19(21)23(24)22(18)20/h4-13H,3H2,1-2H3. The summed E-state index contributed by atoms with van der Waals surface area (Å²) in [6.45, 7) is 8.40. The molecule has 3 aromatic rings. The molecule has 1 aliphatic rings. The molecular weight excluding hydrogens is 324 g/mol. The second-order valence-electron chi connectivity index (χ2n) is 6.40. The summed E-state index contributed by atoms with van der Waals surface area (Å²) >= 11 is 1.63. The van der Waals surface area contributed by atoms with Crippen LogP contribution in [0.4, 0.5) is 0 Å². The second-order valence-corrected chi connectivity index (χ2v) is 7.51. The highest BCUT2D eigenvalue weighted by Crippen LogP contribution is 2.42. The van der Waals surface area contributed by atoms with Crippen molar-refractivity contribution in [2.45, 2.75) is 23.6 Å². The van der Waals surface area contributed by atoms with Crippen LogP contribution in [0.2, 0.25) is 0 Å². The van der Waals surface area contributed by atoms with Crippen LogP contribution in [-0.4, -0.2) is 5.78 Å². The number of aryl methyl sites for hydroxylation is 2. The summed E-state index contributed by atoms with van der Waals surface area (Å²) in [4.78, 5) is 15.3. The van der Waals surface area contributed by atoms with Gasteiger partial charge in [-0.3, -0.25) is 4.79 Å². The Morgan fingerprint density at radius 1 is 0.800 bits per heavy atom. The van der Waals surface area contributed by atoms with Gasteiger partial charge in [0, 0.05) is 20.9 Å². The zero-order valence-corrected chi connectivity index (χ0v) is 15.1. The maximum atomic E-state index is 13.2. The third kappa shape index (κ3) is 2.63. The minimum atomic E-state index is 0.0938. The first kappa shape index (κ1) is 15.9. The Morgan fingerprint density at radius 2 is 1.48 bits per heavy atom. The Balaban J connectivity index is 1.85. The Kier molecular flexibility index (Phi) is 3.85. The lowest BCUT2D eigenvalue weighted by Crippen LogP contribution is -2.16. The highest BCUT2D eigenvalue weighted by molar-refractivity contribution is 7.99. The van der Waals surface area contributed by atoms with E-state index >= 15 is 0 Å². The first-order chi connectivity index (χ1) is 12.1. The molecule has 0 N–H and O–H groups in total. The molecular formula is C23H18OS. The van der Waals surface area contributed by atoms with Gasteiger partial charge in [-0.05, 0) is 54.3 Å². The molecule has 2 heteroatoms. The zero-order chi connectivity index (χ0) is 17.6. The molecule has 0 saturated carbocycles. The van der Waals surface area contributed by atoms with Crippen molar-refractivity contribution in [1.29, 1.82) is 0 Å². The van der Waals surface area contributed by atoms with Crippen molar-refractivity contribution in [1.82, 2.24) is 0 Å². The molecule has 3 aromatic carbocycles. The second kappa shape index (κ2) is 6.05. The van der Waals surface area contributed by atoms with Crippen LogP contribution in [0.3, 0.4) is 0 Å². The summed E-state index contributed by atoms with van der Waals surface area (Å²) in [5.74, 6) is 0.0938. The first-order valence-electron chi connectivity index (χ1n) is 8.28. The number of carbonyl (C=O) groups is 1. The van der Waals surface area contributed by atoms with Crippen LogP contribution in [0.1, 0.15) is 38.2 Å². The van der Waals surface area contributed by atoms with Gasteiger partial charge < -0.3 is 0 Å². The summed E-state index contributed by atoms with van der Waals surface area (Å²) in [7, 11) is 0. The van der Waals surface area contributed by atoms with Crippen LogP contribution < -0.4 is 0 Å². The van der Waals surface area contributed by atoms with Gasteiger partial charge in [0.1, 0.15) is 0 Å². The Morgan fingerprint density at radius 3 is 2.24 bits per heavy atom. The average molecular weight is 342 g/mol. The number of hydrogen-bond donors (Lipinski definition) is 0. The van der Waals surface area contributed by atoms with E-state index < -0.39 is 0 Å². The largest absolute Gasteiger partial charge is 0.289 e. The molecule has 1 aliphatic carbocycles. The van der Waals surface area contributed by atoms with Gasteiger partial charge in [-0.15, -0.1) is 0 Å². The van der Waals surface area contributed by atoms with E-state index in [0.29, 0.717) is 0 Å². The third-order valence-electron chi connectivity index (χ3n) is 4.65. The summed E-state index contributed by atoms with van der Waals surface area (Å²) in [5.41, 5.74) is 6.73. The van der Waals surface area contributed by atoms with Gasteiger partial charge in [0.15, 0.2) is 5.78 Å². The molecule has 0 aliphatic heterocycles. The number of hydrogen-bond acceptors (Lipinski definition) is 2.